The summed E-state index contributed by atoms with van der Waals surface area (Å²) < 4.78 is 0. The molecule has 2 fully saturated rings. The van der Waals surface area contributed by atoms with Gasteiger partial charge in [0.1, 0.15) is 0 Å². The summed E-state index contributed by atoms with van der Waals surface area (Å²) in [6.45, 7) is 4.80. The molecule has 1 aliphatic carbocycles. The number of nitrogens with zero attached hydrogens (tertiary/aromatic N) is 1. The summed E-state index contributed by atoms with van der Waals surface area (Å²) in [5.41, 5.74) is 0. The van der Waals surface area contributed by atoms with Crippen molar-refractivity contribution in [1.82, 2.24) is 10.2 Å². The molecule has 110 valence electrons. The number of nitrogens with one attached hydrogen (secondary N) is 1. The second-order valence-electron chi connectivity index (χ2n) is 6.30. The van der Waals surface area contributed by atoms with Gasteiger partial charge < -0.3 is 10.2 Å². The molecule has 0 atom stereocenters. The lowest BCUT2D eigenvalue weighted by Gasteiger charge is -2.29. The average molecular weight is 266 g/mol. The molecule has 0 aromatic rings. The summed E-state index contributed by atoms with van der Waals surface area (Å²) in [6.07, 6.45) is 11.5. The van der Waals surface area contributed by atoms with E-state index < -0.39 is 0 Å². The lowest BCUT2D eigenvalue weighted by atomic mass is 9.84. The molecular weight excluding hydrogens is 236 g/mol. The number of carbonyl (C=O) groups is 1. The molecule has 1 amide bonds. The first-order valence-electron chi connectivity index (χ1n) is 8.30. The average Bonchev–Trinajstić information content (AvgIpc) is 2.74. The first-order valence-corrected chi connectivity index (χ1v) is 8.30. The highest BCUT2D eigenvalue weighted by molar-refractivity contribution is 5.78. The highest BCUT2D eigenvalue weighted by Gasteiger charge is 2.21. The Hall–Kier alpha value is -0.570. The van der Waals surface area contributed by atoms with Crippen LogP contribution in [-0.4, -0.2) is 36.5 Å². The van der Waals surface area contributed by atoms with E-state index in [1.807, 2.05) is 0 Å². The monoisotopic (exact) mass is 266 g/mol. The van der Waals surface area contributed by atoms with Crippen LogP contribution in [-0.2, 0) is 4.79 Å². The topological polar surface area (TPSA) is 32.3 Å². The molecule has 1 heterocycles. The Balaban J connectivity index is 1.65. The van der Waals surface area contributed by atoms with Crippen LogP contribution in [0.15, 0.2) is 0 Å². The maximum atomic E-state index is 12.2. The van der Waals surface area contributed by atoms with Crippen LogP contribution in [0.25, 0.3) is 0 Å². The van der Waals surface area contributed by atoms with Crippen molar-refractivity contribution < 1.29 is 4.79 Å². The fourth-order valence-corrected chi connectivity index (χ4v) is 3.44. The molecule has 2 rings (SSSR count). The van der Waals surface area contributed by atoms with E-state index in [0.717, 1.165) is 19.0 Å². The Morgan fingerprint density at radius 1 is 1.05 bits per heavy atom. The van der Waals surface area contributed by atoms with Crippen molar-refractivity contribution in [2.75, 3.05) is 19.6 Å². The van der Waals surface area contributed by atoms with Gasteiger partial charge >= 0.3 is 0 Å². The molecule has 1 saturated heterocycles. The highest BCUT2D eigenvalue weighted by Crippen LogP contribution is 2.26. The van der Waals surface area contributed by atoms with Gasteiger partial charge in [0.25, 0.3) is 0 Å². The fraction of sp³-hybridized carbons (Fsp3) is 0.938. The number of hydrogen-bond donors (Lipinski definition) is 1. The maximum Gasteiger partial charge on any atom is 0.236 e. The van der Waals surface area contributed by atoms with Crippen LogP contribution in [0.1, 0.15) is 64.7 Å². The third-order valence-electron chi connectivity index (χ3n) is 4.92. The molecule has 1 N–H and O–H groups in total. The Morgan fingerprint density at radius 3 is 2.26 bits per heavy atom. The van der Waals surface area contributed by atoms with Crippen molar-refractivity contribution >= 4 is 5.91 Å². The van der Waals surface area contributed by atoms with Gasteiger partial charge in [-0.2, -0.15) is 0 Å². The summed E-state index contributed by atoms with van der Waals surface area (Å²) in [7, 11) is 0. The lowest BCUT2D eigenvalue weighted by molar-refractivity contribution is -0.130. The van der Waals surface area contributed by atoms with E-state index in [4.69, 9.17) is 0 Å². The predicted octanol–water partition coefficient (Wildman–Crippen LogP) is 2.95. The van der Waals surface area contributed by atoms with Crippen LogP contribution in [0.3, 0.4) is 0 Å². The van der Waals surface area contributed by atoms with E-state index >= 15 is 0 Å². The first kappa shape index (κ1) is 14.8. The van der Waals surface area contributed by atoms with Gasteiger partial charge in [0.05, 0.1) is 6.54 Å². The van der Waals surface area contributed by atoms with Gasteiger partial charge in [-0.3, -0.25) is 4.79 Å². The molecule has 0 aromatic carbocycles. The fourth-order valence-electron chi connectivity index (χ4n) is 3.44. The van der Waals surface area contributed by atoms with Gasteiger partial charge in [0.15, 0.2) is 0 Å². The SMILES string of the molecule is CCC1CCC(NCC(=O)N2CCCCCC2)CC1. The summed E-state index contributed by atoms with van der Waals surface area (Å²) in [6, 6.07) is 0.582. The van der Waals surface area contributed by atoms with Gasteiger partial charge in [0, 0.05) is 19.1 Å². The zero-order valence-electron chi connectivity index (χ0n) is 12.5. The molecule has 19 heavy (non-hydrogen) atoms. The van der Waals surface area contributed by atoms with Gasteiger partial charge in [-0.15, -0.1) is 0 Å². The maximum absolute atomic E-state index is 12.2. The standard InChI is InChI=1S/C16H30N2O/c1-2-14-7-9-15(10-8-14)17-13-16(19)18-11-5-3-4-6-12-18/h14-15,17H,2-13H2,1H3. The number of hydrogen-bond acceptors (Lipinski definition) is 2. The van der Waals surface area contributed by atoms with Crippen molar-refractivity contribution in [3.05, 3.63) is 0 Å². The molecule has 0 unspecified atom stereocenters. The Labute approximate surface area is 118 Å². The first-order chi connectivity index (χ1) is 9.29. The van der Waals surface area contributed by atoms with E-state index in [-0.39, 0.29) is 0 Å². The van der Waals surface area contributed by atoms with Crippen LogP contribution in [0.2, 0.25) is 0 Å². The lowest BCUT2D eigenvalue weighted by Crippen LogP contribution is -2.43. The molecule has 0 spiro atoms. The van der Waals surface area contributed by atoms with Crippen LogP contribution in [0.5, 0.6) is 0 Å². The van der Waals surface area contributed by atoms with Crippen LogP contribution >= 0.6 is 0 Å². The molecule has 3 heteroatoms. The van der Waals surface area contributed by atoms with Crippen molar-refractivity contribution in [2.24, 2.45) is 5.92 Å². The number of rotatable bonds is 4. The van der Waals surface area contributed by atoms with Gasteiger partial charge in [-0.25, -0.2) is 0 Å². The zero-order valence-corrected chi connectivity index (χ0v) is 12.5. The zero-order chi connectivity index (χ0) is 13.5. The van der Waals surface area contributed by atoms with Crippen LogP contribution in [0.4, 0.5) is 0 Å². The molecular formula is C16H30N2O. The quantitative estimate of drug-likeness (QED) is 0.848. The van der Waals surface area contributed by atoms with E-state index in [1.165, 1.54) is 57.8 Å². The second-order valence-corrected chi connectivity index (χ2v) is 6.30. The summed E-state index contributed by atoms with van der Waals surface area (Å²) in [5.74, 6) is 1.25. The Bertz CT molecular complexity index is 264. The van der Waals surface area contributed by atoms with Crippen molar-refractivity contribution in [3.8, 4) is 0 Å². The summed E-state index contributed by atoms with van der Waals surface area (Å²) >= 11 is 0. The van der Waals surface area contributed by atoms with Crippen molar-refractivity contribution in [2.45, 2.75) is 70.8 Å². The minimum Gasteiger partial charge on any atom is -0.342 e. The van der Waals surface area contributed by atoms with Gasteiger partial charge in [-0.1, -0.05) is 26.2 Å². The largest absolute Gasteiger partial charge is 0.342 e. The number of carbonyl (C=O) groups excluding carboxylic acids is 1. The number of amides is 1. The highest BCUT2D eigenvalue weighted by atomic mass is 16.2. The summed E-state index contributed by atoms with van der Waals surface area (Å²) in [4.78, 5) is 14.2. The molecule has 3 nitrogen and oxygen atoms in total. The van der Waals surface area contributed by atoms with E-state index in [1.54, 1.807) is 0 Å². The summed E-state index contributed by atoms with van der Waals surface area (Å²) in [5, 5.41) is 3.49. The molecule has 0 radical (unpaired) electrons. The predicted molar refractivity (Wildman–Crippen MR) is 79.1 cm³/mol. The van der Waals surface area contributed by atoms with Gasteiger partial charge in [0.2, 0.25) is 5.91 Å². The van der Waals surface area contributed by atoms with Crippen LogP contribution in [0, 0.1) is 5.92 Å². The third-order valence-corrected chi connectivity index (χ3v) is 4.92. The molecule has 1 saturated carbocycles. The molecule has 0 bridgehead atoms. The van der Waals surface area contributed by atoms with Gasteiger partial charge in [-0.05, 0) is 44.4 Å². The Morgan fingerprint density at radius 2 is 1.68 bits per heavy atom. The molecule has 2 aliphatic rings. The smallest absolute Gasteiger partial charge is 0.236 e. The molecule has 0 aromatic heterocycles. The minimum atomic E-state index is 0.319. The van der Waals surface area contributed by atoms with E-state index in [2.05, 4.69) is 17.1 Å². The number of likely N-dealkylation sites (tertiary alicyclic amines) is 1. The second kappa shape index (κ2) is 7.88. The van der Waals surface area contributed by atoms with Crippen molar-refractivity contribution in [3.63, 3.8) is 0 Å². The molecule has 1 aliphatic heterocycles. The van der Waals surface area contributed by atoms with E-state index in [9.17, 15) is 4.79 Å². The minimum absolute atomic E-state index is 0.319. The third kappa shape index (κ3) is 4.79. The van der Waals surface area contributed by atoms with Crippen molar-refractivity contribution in [1.29, 1.82) is 0 Å². The Kier molecular flexibility index (Phi) is 6.15. The van der Waals surface area contributed by atoms with E-state index in [0.29, 0.717) is 18.5 Å². The van der Waals surface area contributed by atoms with Crippen LogP contribution < -0.4 is 5.32 Å². The normalized spacial score (nSPS) is 29.0.